The molecule has 4 heteroatoms. The fourth-order valence-corrected chi connectivity index (χ4v) is 2.37. The topological polar surface area (TPSA) is 47.0 Å². The average Bonchev–Trinajstić information content (AvgIpc) is 2.76. The summed E-state index contributed by atoms with van der Waals surface area (Å²) in [7, 11) is 0. The van der Waals surface area contributed by atoms with Gasteiger partial charge in [-0.05, 0) is 25.2 Å². The van der Waals surface area contributed by atoms with Gasteiger partial charge in [0.25, 0.3) is 0 Å². The molecule has 0 amide bonds. The smallest absolute Gasteiger partial charge is 0.218 e. The Morgan fingerprint density at radius 2 is 2.12 bits per heavy atom. The van der Waals surface area contributed by atoms with E-state index in [9.17, 15) is 0 Å². The van der Waals surface area contributed by atoms with Crippen molar-refractivity contribution in [2.45, 2.75) is 39.5 Å². The fraction of sp³-hybridized carbons (Fsp3) is 0.692. The summed E-state index contributed by atoms with van der Waals surface area (Å²) < 4.78 is 5.35. The van der Waals surface area contributed by atoms with E-state index in [0.29, 0.717) is 17.9 Å². The Balaban J connectivity index is 1.91. The van der Waals surface area contributed by atoms with Crippen molar-refractivity contribution in [3.8, 4) is 5.88 Å². The highest BCUT2D eigenvalue weighted by Crippen LogP contribution is 2.37. The van der Waals surface area contributed by atoms with Gasteiger partial charge in [-0.25, -0.2) is 9.97 Å². The average molecular weight is 235 g/mol. The molecule has 0 bridgehead atoms. The van der Waals surface area contributed by atoms with E-state index in [1.54, 1.807) is 6.33 Å². The van der Waals surface area contributed by atoms with Gasteiger partial charge in [0.15, 0.2) is 0 Å². The van der Waals surface area contributed by atoms with Gasteiger partial charge in [0.2, 0.25) is 5.88 Å². The molecule has 0 radical (unpaired) electrons. The first-order valence-electron chi connectivity index (χ1n) is 6.41. The lowest BCUT2D eigenvalue weighted by atomic mass is 9.89. The minimum Gasteiger partial charge on any atom is -0.478 e. The zero-order chi connectivity index (χ0) is 12.1. The third-order valence-electron chi connectivity index (χ3n) is 3.44. The number of ether oxygens (including phenoxy) is 1. The summed E-state index contributed by atoms with van der Waals surface area (Å²) in [5, 5.41) is 3.39. The Hall–Kier alpha value is -1.32. The van der Waals surface area contributed by atoms with Gasteiger partial charge in [0.05, 0.1) is 6.61 Å². The second-order valence-electron chi connectivity index (χ2n) is 5.05. The summed E-state index contributed by atoms with van der Waals surface area (Å²) in [6.45, 7) is 5.91. The van der Waals surface area contributed by atoms with Crippen LogP contribution in [0.5, 0.6) is 5.88 Å². The molecule has 1 heterocycles. The molecule has 0 saturated heterocycles. The number of nitrogens with one attached hydrogen (secondary N) is 1. The molecule has 1 saturated carbocycles. The second kappa shape index (κ2) is 5.34. The molecule has 1 aromatic rings. The number of nitrogens with zero attached hydrogens (tertiary/aromatic N) is 2. The molecule has 17 heavy (non-hydrogen) atoms. The Morgan fingerprint density at radius 1 is 1.35 bits per heavy atom. The lowest BCUT2D eigenvalue weighted by Gasteiger charge is -2.23. The molecule has 1 fully saturated rings. The van der Waals surface area contributed by atoms with Crippen LogP contribution in [0.25, 0.3) is 0 Å². The second-order valence-corrected chi connectivity index (χ2v) is 5.05. The summed E-state index contributed by atoms with van der Waals surface area (Å²) in [4.78, 5) is 8.26. The summed E-state index contributed by atoms with van der Waals surface area (Å²) in [6, 6.07) is 1.86. The SMILES string of the molecule is CCOc1cc(NCC2(C)CCCC2)ncn1. The monoisotopic (exact) mass is 235 g/mol. The third kappa shape index (κ3) is 3.32. The Kier molecular flexibility index (Phi) is 3.82. The van der Waals surface area contributed by atoms with Crippen molar-refractivity contribution in [3.63, 3.8) is 0 Å². The van der Waals surface area contributed by atoms with E-state index in [-0.39, 0.29) is 0 Å². The maximum absolute atomic E-state index is 5.35. The van der Waals surface area contributed by atoms with Crippen LogP contribution in [0, 0.1) is 5.41 Å². The van der Waals surface area contributed by atoms with Crippen LogP contribution < -0.4 is 10.1 Å². The molecule has 2 rings (SSSR count). The van der Waals surface area contributed by atoms with Crippen LogP contribution >= 0.6 is 0 Å². The van der Waals surface area contributed by atoms with Crippen LogP contribution in [-0.4, -0.2) is 23.1 Å². The van der Waals surface area contributed by atoms with Gasteiger partial charge in [-0.15, -0.1) is 0 Å². The highest BCUT2D eigenvalue weighted by Gasteiger charge is 2.28. The van der Waals surface area contributed by atoms with E-state index in [0.717, 1.165) is 12.4 Å². The van der Waals surface area contributed by atoms with E-state index in [1.165, 1.54) is 25.7 Å². The van der Waals surface area contributed by atoms with Gasteiger partial charge in [-0.1, -0.05) is 19.8 Å². The lowest BCUT2D eigenvalue weighted by Crippen LogP contribution is -2.23. The van der Waals surface area contributed by atoms with E-state index in [2.05, 4.69) is 22.2 Å². The zero-order valence-corrected chi connectivity index (χ0v) is 10.7. The van der Waals surface area contributed by atoms with Crippen molar-refractivity contribution in [3.05, 3.63) is 12.4 Å². The summed E-state index contributed by atoms with van der Waals surface area (Å²) in [5.41, 5.74) is 0.427. The Labute approximate surface area is 103 Å². The number of rotatable bonds is 5. The maximum atomic E-state index is 5.35. The number of hydrogen-bond acceptors (Lipinski definition) is 4. The summed E-state index contributed by atoms with van der Waals surface area (Å²) in [6.07, 6.45) is 6.87. The molecule has 1 aromatic heterocycles. The lowest BCUT2D eigenvalue weighted by molar-refractivity contribution is 0.326. The molecule has 0 aliphatic heterocycles. The van der Waals surface area contributed by atoms with E-state index in [1.807, 2.05) is 13.0 Å². The third-order valence-corrected chi connectivity index (χ3v) is 3.44. The van der Waals surface area contributed by atoms with Crippen LogP contribution in [0.3, 0.4) is 0 Å². The molecular weight excluding hydrogens is 214 g/mol. The first-order valence-corrected chi connectivity index (χ1v) is 6.41. The normalized spacial score (nSPS) is 18.0. The molecule has 1 N–H and O–H groups in total. The van der Waals surface area contributed by atoms with Gasteiger partial charge >= 0.3 is 0 Å². The van der Waals surface area contributed by atoms with Crippen molar-refractivity contribution in [1.29, 1.82) is 0 Å². The molecule has 0 unspecified atom stereocenters. The largest absolute Gasteiger partial charge is 0.478 e. The summed E-state index contributed by atoms with van der Waals surface area (Å²) in [5.74, 6) is 1.50. The van der Waals surface area contributed by atoms with Gasteiger partial charge in [0.1, 0.15) is 12.1 Å². The molecule has 1 aliphatic carbocycles. The van der Waals surface area contributed by atoms with Crippen LogP contribution in [0.2, 0.25) is 0 Å². The Morgan fingerprint density at radius 3 is 2.82 bits per heavy atom. The van der Waals surface area contributed by atoms with Crippen LogP contribution in [0.1, 0.15) is 39.5 Å². The first kappa shape index (κ1) is 12.1. The van der Waals surface area contributed by atoms with E-state index >= 15 is 0 Å². The molecule has 0 spiro atoms. The van der Waals surface area contributed by atoms with Crippen LogP contribution in [-0.2, 0) is 0 Å². The van der Waals surface area contributed by atoms with E-state index < -0.39 is 0 Å². The predicted molar refractivity (Wildman–Crippen MR) is 68.3 cm³/mol. The zero-order valence-electron chi connectivity index (χ0n) is 10.7. The maximum Gasteiger partial charge on any atom is 0.218 e. The molecule has 0 aromatic carbocycles. The summed E-state index contributed by atoms with van der Waals surface area (Å²) >= 11 is 0. The quantitative estimate of drug-likeness (QED) is 0.852. The molecular formula is C13H21N3O. The minimum absolute atomic E-state index is 0.427. The first-order chi connectivity index (χ1) is 8.22. The number of anilines is 1. The fourth-order valence-electron chi connectivity index (χ4n) is 2.37. The van der Waals surface area contributed by atoms with Gasteiger partial charge in [-0.2, -0.15) is 0 Å². The predicted octanol–water partition coefficient (Wildman–Crippen LogP) is 2.87. The highest BCUT2D eigenvalue weighted by molar-refractivity contribution is 5.37. The van der Waals surface area contributed by atoms with Gasteiger partial charge in [0, 0.05) is 12.6 Å². The Bertz CT molecular complexity index is 361. The molecule has 4 nitrogen and oxygen atoms in total. The molecule has 1 aliphatic rings. The number of aromatic nitrogens is 2. The van der Waals surface area contributed by atoms with Crippen molar-refractivity contribution < 1.29 is 4.74 Å². The van der Waals surface area contributed by atoms with E-state index in [4.69, 9.17) is 4.74 Å². The minimum atomic E-state index is 0.427. The van der Waals surface area contributed by atoms with Crippen molar-refractivity contribution in [2.24, 2.45) is 5.41 Å². The standard InChI is InChI=1S/C13H21N3O/c1-3-17-12-8-11(15-10-16-12)14-9-13(2)6-4-5-7-13/h8,10H,3-7,9H2,1-2H3,(H,14,15,16). The number of hydrogen-bond donors (Lipinski definition) is 1. The van der Waals surface area contributed by atoms with Crippen LogP contribution in [0.4, 0.5) is 5.82 Å². The van der Waals surface area contributed by atoms with Gasteiger partial charge in [-0.3, -0.25) is 0 Å². The molecule has 0 atom stereocenters. The van der Waals surface area contributed by atoms with Crippen molar-refractivity contribution >= 4 is 5.82 Å². The molecule has 94 valence electrons. The van der Waals surface area contributed by atoms with Crippen molar-refractivity contribution in [1.82, 2.24) is 9.97 Å². The van der Waals surface area contributed by atoms with Gasteiger partial charge < -0.3 is 10.1 Å². The van der Waals surface area contributed by atoms with Crippen LogP contribution in [0.15, 0.2) is 12.4 Å². The van der Waals surface area contributed by atoms with Crippen molar-refractivity contribution in [2.75, 3.05) is 18.5 Å². The highest BCUT2D eigenvalue weighted by atomic mass is 16.5.